The highest BCUT2D eigenvalue weighted by molar-refractivity contribution is 5.89. The SMILES string of the molecule is COc1cc2c(c3ccccc3c1=O)O[C@]1(C)C/C=C/C(C)(C)C/C=C(\C)CC[C@H]1C2. The molecule has 4 rings (SSSR count). The monoisotopic (exact) mass is 418 g/mol. The van der Waals surface area contributed by atoms with E-state index in [0.29, 0.717) is 17.1 Å². The summed E-state index contributed by atoms with van der Waals surface area (Å²) in [6, 6.07) is 9.64. The molecule has 1 aliphatic heterocycles. The second-order valence-electron chi connectivity index (χ2n) is 10.1. The molecule has 0 bridgehead atoms. The van der Waals surface area contributed by atoms with Gasteiger partial charge in [0, 0.05) is 23.1 Å². The first kappa shape index (κ1) is 21.7. The molecule has 2 atom stereocenters. The van der Waals surface area contributed by atoms with Crippen LogP contribution in [0.5, 0.6) is 11.5 Å². The molecule has 0 fully saturated rings. The Morgan fingerprint density at radius 1 is 1.10 bits per heavy atom. The standard InChI is InChI=1S/C28H34O3/c1-19-11-12-21-17-20-18-24(30-5)25(29)22-9-6-7-10-23(22)26(20)31-28(21,4)15-8-14-27(2,3)16-13-19/h6-10,13-14,18,21H,11-12,15-17H2,1-5H3/b14-8+,19-13+/t21-,28+/m0/s1. The average Bonchev–Trinajstić information content (AvgIpc) is 2.86. The van der Waals surface area contributed by atoms with Gasteiger partial charge >= 0.3 is 0 Å². The molecular formula is C28H34O3. The van der Waals surface area contributed by atoms with Gasteiger partial charge in [0.15, 0.2) is 5.75 Å². The number of fused-ring (bicyclic) bond motifs is 4. The predicted octanol–water partition coefficient (Wildman–Crippen LogP) is 6.62. The van der Waals surface area contributed by atoms with Gasteiger partial charge in [0.1, 0.15) is 11.4 Å². The van der Waals surface area contributed by atoms with Gasteiger partial charge in [-0.2, -0.15) is 0 Å². The summed E-state index contributed by atoms with van der Waals surface area (Å²) in [5.41, 5.74) is 2.24. The van der Waals surface area contributed by atoms with Gasteiger partial charge in [-0.3, -0.25) is 4.79 Å². The van der Waals surface area contributed by atoms with Gasteiger partial charge in [-0.25, -0.2) is 0 Å². The van der Waals surface area contributed by atoms with Gasteiger partial charge < -0.3 is 9.47 Å². The molecule has 31 heavy (non-hydrogen) atoms. The molecule has 0 saturated carbocycles. The first-order valence-electron chi connectivity index (χ1n) is 11.4. The van der Waals surface area contributed by atoms with E-state index in [1.807, 2.05) is 30.3 Å². The maximum absolute atomic E-state index is 13.1. The molecule has 2 aromatic rings. The second kappa shape index (κ2) is 8.18. The van der Waals surface area contributed by atoms with E-state index >= 15 is 0 Å². The van der Waals surface area contributed by atoms with E-state index in [9.17, 15) is 4.79 Å². The fourth-order valence-electron chi connectivity index (χ4n) is 4.93. The lowest BCUT2D eigenvalue weighted by Gasteiger charge is -2.42. The van der Waals surface area contributed by atoms with E-state index in [0.717, 1.165) is 48.8 Å². The average molecular weight is 419 g/mol. The Morgan fingerprint density at radius 2 is 1.84 bits per heavy atom. The summed E-state index contributed by atoms with van der Waals surface area (Å²) in [5, 5.41) is 1.52. The summed E-state index contributed by atoms with van der Waals surface area (Å²) in [6.45, 7) is 9.06. The van der Waals surface area contributed by atoms with Gasteiger partial charge in [0.05, 0.1) is 7.11 Å². The van der Waals surface area contributed by atoms with Crippen LogP contribution in [-0.4, -0.2) is 12.7 Å². The fourth-order valence-corrected chi connectivity index (χ4v) is 4.93. The smallest absolute Gasteiger partial charge is 0.228 e. The van der Waals surface area contributed by atoms with Crippen molar-refractivity contribution in [3.63, 3.8) is 0 Å². The van der Waals surface area contributed by atoms with E-state index in [-0.39, 0.29) is 16.4 Å². The maximum Gasteiger partial charge on any atom is 0.228 e. The molecule has 3 nitrogen and oxygen atoms in total. The number of ether oxygens (including phenoxy) is 2. The minimum atomic E-state index is -0.322. The van der Waals surface area contributed by atoms with Crippen molar-refractivity contribution >= 4 is 10.8 Å². The Balaban J connectivity index is 1.87. The lowest BCUT2D eigenvalue weighted by Crippen LogP contribution is -2.44. The number of hydrogen-bond acceptors (Lipinski definition) is 3. The third-order valence-electron chi connectivity index (χ3n) is 7.08. The number of allylic oxidation sites excluding steroid dienone is 3. The van der Waals surface area contributed by atoms with Crippen LogP contribution in [0, 0.1) is 11.3 Å². The van der Waals surface area contributed by atoms with Crippen LogP contribution in [0.4, 0.5) is 0 Å². The van der Waals surface area contributed by atoms with Crippen LogP contribution in [0.3, 0.4) is 0 Å². The van der Waals surface area contributed by atoms with Crippen molar-refractivity contribution in [2.75, 3.05) is 7.11 Å². The van der Waals surface area contributed by atoms with Crippen molar-refractivity contribution < 1.29 is 9.47 Å². The third kappa shape index (κ3) is 4.28. The molecule has 164 valence electrons. The van der Waals surface area contributed by atoms with Crippen LogP contribution >= 0.6 is 0 Å². The lowest BCUT2D eigenvalue weighted by molar-refractivity contribution is 0.00983. The minimum Gasteiger partial charge on any atom is -0.493 e. The Hall–Kier alpha value is -2.55. The molecule has 2 aromatic carbocycles. The van der Waals surface area contributed by atoms with Gasteiger partial charge in [0.2, 0.25) is 5.43 Å². The number of methoxy groups -OCH3 is 1. The molecule has 1 heterocycles. The largest absolute Gasteiger partial charge is 0.493 e. The molecular weight excluding hydrogens is 384 g/mol. The minimum absolute atomic E-state index is 0.0795. The van der Waals surface area contributed by atoms with E-state index in [1.165, 1.54) is 5.57 Å². The quantitative estimate of drug-likeness (QED) is 0.488. The zero-order chi connectivity index (χ0) is 22.2. The molecule has 0 aromatic heterocycles. The Morgan fingerprint density at radius 3 is 2.58 bits per heavy atom. The van der Waals surface area contributed by atoms with Crippen LogP contribution in [0.2, 0.25) is 0 Å². The summed E-state index contributed by atoms with van der Waals surface area (Å²) in [5.74, 6) is 1.58. The molecule has 0 unspecified atom stereocenters. The highest BCUT2D eigenvalue weighted by Crippen LogP contribution is 2.45. The van der Waals surface area contributed by atoms with Crippen LogP contribution in [-0.2, 0) is 6.42 Å². The highest BCUT2D eigenvalue weighted by atomic mass is 16.5. The third-order valence-corrected chi connectivity index (χ3v) is 7.08. The fraction of sp³-hybridized carbons (Fsp3) is 0.464. The van der Waals surface area contributed by atoms with Crippen molar-refractivity contribution in [2.45, 2.75) is 65.4 Å². The van der Waals surface area contributed by atoms with Crippen molar-refractivity contribution in [1.29, 1.82) is 0 Å². The topological polar surface area (TPSA) is 35.5 Å². The number of benzene rings is 1. The molecule has 0 amide bonds. The first-order chi connectivity index (χ1) is 14.7. The molecule has 3 heteroatoms. The number of hydrogen-bond donors (Lipinski definition) is 0. The van der Waals surface area contributed by atoms with E-state index < -0.39 is 0 Å². The zero-order valence-corrected chi connectivity index (χ0v) is 19.5. The molecule has 0 saturated heterocycles. The summed E-state index contributed by atoms with van der Waals surface area (Å²) >= 11 is 0. The second-order valence-corrected chi connectivity index (χ2v) is 10.1. The van der Waals surface area contributed by atoms with E-state index in [1.54, 1.807) is 7.11 Å². The van der Waals surface area contributed by atoms with Crippen LogP contribution in [0.25, 0.3) is 10.8 Å². The van der Waals surface area contributed by atoms with E-state index in [2.05, 4.69) is 45.9 Å². The summed E-state index contributed by atoms with van der Waals surface area (Å²) < 4.78 is 12.4. The van der Waals surface area contributed by atoms with Gasteiger partial charge in [-0.15, -0.1) is 0 Å². The van der Waals surface area contributed by atoms with Crippen molar-refractivity contribution in [3.8, 4) is 11.5 Å². The first-order valence-corrected chi connectivity index (χ1v) is 11.4. The van der Waals surface area contributed by atoms with Crippen LogP contribution < -0.4 is 14.9 Å². The lowest BCUT2D eigenvalue weighted by atomic mass is 9.76. The Kier molecular flexibility index (Phi) is 5.72. The normalized spacial score (nSPS) is 28.2. The molecule has 1 aliphatic carbocycles. The number of rotatable bonds is 1. The Labute approximate surface area is 185 Å². The molecule has 0 N–H and O–H groups in total. The molecule has 0 radical (unpaired) electrons. The van der Waals surface area contributed by atoms with Gasteiger partial charge in [-0.05, 0) is 56.6 Å². The molecule has 0 spiro atoms. The highest BCUT2D eigenvalue weighted by Gasteiger charge is 2.40. The summed E-state index contributed by atoms with van der Waals surface area (Å²) in [4.78, 5) is 13.1. The molecule has 2 aliphatic rings. The van der Waals surface area contributed by atoms with Crippen molar-refractivity contribution in [3.05, 3.63) is 69.9 Å². The van der Waals surface area contributed by atoms with E-state index in [4.69, 9.17) is 9.47 Å². The van der Waals surface area contributed by atoms with Crippen LogP contribution in [0.15, 0.2) is 58.9 Å². The predicted molar refractivity (Wildman–Crippen MR) is 128 cm³/mol. The van der Waals surface area contributed by atoms with Crippen molar-refractivity contribution in [1.82, 2.24) is 0 Å². The van der Waals surface area contributed by atoms with Gasteiger partial charge in [0.25, 0.3) is 0 Å². The summed E-state index contributed by atoms with van der Waals surface area (Å²) in [6.07, 6.45) is 12.0. The maximum atomic E-state index is 13.1. The zero-order valence-electron chi connectivity index (χ0n) is 19.5. The van der Waals surface area contributed by atoms with Gasteiger partial charge in [-0.1, -0.05) is 61.9 Å². The summed E-state index contributed by atoms with van der Waals surface area (Å²) in [7, 11) is 1.57. The Bertz CT molecular complexity index is 1110. The van der Waals surface area contributed by atoms with Crippen LogP contribution in [0.1, 0.15) is 58.9 Å². The van der Waals surface area contributed by atoms with Crippen molar-refractivity contribution in [2.24, 2.45) is 11.3 Å².